The third kappa shape index (κ3) is 5.62. The number of rotatable bonds is 8. The van der Waals surface area contributed by atoms with Crippen molar-refractivity contribution in [2.45, 2.75) is 25.9 Å². The fourth-order valence-corrected chi connectivity index (χ4v) is 3.98. The second-order valence-corrected chi connectivity index (χ2v) is 8.72. The molecule has 1 atom stereocenters. The molecule has 2 aromatic rings. The Bertz CT molecular complexity index is 801. The Hall–Kier alpha value is -1.77. The van der Waals surface area contributed by atoms with Crippen LogP contribution in [0.15, 0.2) is 41.8 Å². The fraction of sp³-hybridized carbons (Fsp3) is 0.353. The first-order valence-electron chi connectivity index (χ1n) is 7.85. The van der Waals surface area contributed by atoms with Crippen LogP contribution in [0.2, 0.25) is 0 Å². The Morgan fingerprint density at radius 3 is 2.48 bits per heavy atom. The molecule has 1 aromatic carbocycles. The molecule has 0 aliphatic rings. The highest BCUT2D eigenvalue weighted by atomic mass is 32.2. The molecule has 0 spiro atoms. The van der Waals surface area contributed by atoms with Crippen LogP contribution in [0.1, 0.15) is 35.5 Å². The molecular weight excluding hydrogens is 363 g/mol. The van der Waals surface area contributed by atoms with E-state index in [1.165, 1.54) is 30.4 Å². The van der Waals surface area contributed by atoms with E-state index in [0.29, 0.717) is 22.5 Å². The topological polar surface area (TPSA) is 75.3 Å². The quantitative estimate of drug-likeness (QED) is 0.731. The lowest BCUT2D eigenvalue weighted by molar-refractivity contribution is 0.103. The van der Waals surface area contributed by atoms with Crippen LogP contribution in [0, 0.1) is 0 Å². The molecule has 0 fully saturated rings. The summed E-state index contributed by atoms with van der Waals surface area (Å²) in [6.45, 7) is 2.73. The van der Waals surface area contributed by atoms with Crippen molar-refractivity contribution in [3.63, 3.8) is 0 Å². The third-order valence-corrected chi connectivity index (χ3v) is 5.99. The van der Waals surface area contributed by atoms with E-state index >= 15 is 0 Å². The molecule has 1 amide bonds. The molecule has 2 rings (SSSR count). The van der Waals surface area contributed by atoms with Crippen LogP contribution in [-0.2, 0) is 15.7 Å². The van der Waals surface area contributed by atoms with Crippen LogP contribution in [0.4, 0.5) is 10.1 Å². The minimum absolute atomic E-state index is 0.0310. The molecule has 136 valence electrons. The van der Waals surface area contributed by atoms with E-state index in [-0.39, 0.29) is 18.2 Å². The van der Waals surface area contributed by atoms with Crippen molar-refractivity contribution in [1.29, 1.82) is 0 Å². The number of nitrogens with one attached hydrogen (secondary N) is 2. The third-order valence-electron chi connectivity index (χ3n) is 3.59. The maximum absolute atomic E-state index is 14.8. The zero-order valence-corrected chi connectivity index (χ0v) is 15.7. The first kappa shape index (κ1) is 19.6. The smallest absolute Gasteiger partial charge is 0.265 e. The van der Waals surface area contributed by atoms with Gasteiger partial charge in [-0.15, -0.1) is 11.3 Å². The van der Waals surface area contributed by atoms with Crippen LogP contribution in [-0.4, -0.2) is 26.6 Å². The number of benzene rings is 1. The molecule has 0 aliphatic carbocycles. The van der Waals surface area contributed by atoms with Crippen LogP contribution in [0.3, 0.4) is 0 Å². The first-order valence-corrected chi connectivity index (χ1v) is 10.4. The van der Waals surface area contributed by atoms with E-state index in [0.717, 1.165) is 0 Å². The molecule has 0 aliphatic heterocycles. The Kier molecular flexibility index (Phi) is 6.31. The van der Waals surface area contributed by atoms with Crippen molar-refractivity contribution in [2.24, 2.45) is 0 Å². The average molecular weight is 384 g/mol. The zero-order chi connectivity index (χ0) is 18.5. The molecule has 1 unspecified atom stereocenters. The summed E-state index contributed by atoms with van der Waals surface area (Å²) in [5.41, 5.74) is -0.970. The Morgan fingerprint density at radius 1 is 1.24 bits per heavy atom. The van der Waals surface area contributed by atoms with Gasteiger partial charge >= 0.3 is 0 Å². The van der Waals surface area contributed by atoms with E-state index in [1.807, 2.05) is 5.38 Å². The van der Waals surface area contributed by atoms with Gasteiger partial charge in [-0.3, -0.25) is 4.79 Å². The SMILES string of the molecule is CCCS(=O)(=O)NCC(C)(F)c1ccc(NC(=O)c2cccs2)cc1. The number of alkyl halides is 1. The second kappa shape index (κ2) is 8.07. The summed E-state index contributed by atoms with van der Waals surface area (Å²) in [6, 6.07) is 9.78. The van der Waals surface area contributed by atoms with Crippen molar-refractivity contribution >= 4 is 33.0 Å². The van der Waals surface area contributed by atoms with Gasteiger partial charge in [0.05, 0.1) is 10.6 Å². The number of thiophene rings is 1. The Balaban J connectivity index is 2.01. The minimum Gasteiger partial charge on any atom is -0.321 e. The maximum atomic E-state index is 14.8. The molecule has 2 N–H and O–H groups in total. The van der Waals surface area contributed by atoms with Gasteiger partial charge in [-0.25, -0.2) is 17.5 Å². The monoisotopic (exact) mass is 384 g/mol. The van der Waals surface area contributed by atoms with E-state index < -0.39 is 15.7 Å². The van der Waals surface area contributed by atoms with Crippen LogP contribution >= 0.6 is 11.3 Å². The largest absolute Gasteiger partial charge is 0.321 e. The van der Waals surface area contributed by atoms with E-state index in [9.17, 15) is 17.6 Å². The predicted octanol–water partition coefficient (Wildman–Crippen LogP) is 3.51. The minimum atomic E-state index is -3.47. The van der Waals surface area contributed by atoms with Crippen LogP contribution < -0.4 is 10.0 Å². The van der Waals surface area contributed by atoms with E-state index in [2.05, 4.69) is 10.0 Å². The van der Waals surface area contributed by atoms with Crippen molar-refractivity contribution < 1.29 is 17.6 Å². The van der Waals surface area contributed by atoms with Crippen LogP contribution in [0.25, 0.3) is 0 Å². The number of hydrogen-bond acceptors (Lipinski definition) is 4. The molecule has 1 heterocycles. The molecule has 0 radical (unpaired) electrons. The van der Waals surface area contributed by atoms with Gasteiger partial charge in [0.2, 0.25) is 10.0 Å². The summed E-state index contributed by atoms with van der Waals surface area (Å²) in [4.78, 5) is 12.6. The van der Waals surface area contributed by atoms with Crippen molar-refractivity contribution in [3.05, 3.63) is 52.2 Å². The van der Waals surface area contributed by atoms with Gasteiger partial charge < -0.3 is 5.32 Å². The number of sulfonamides is 1. The number of halogens is 1. The molecule has 1 aromatic heterocycles. The van der Waals surface area contributed by atoms with Gasteiger partial charge in [0, 0.05) is 12.2 Å². The summed E-state index contributed by atoms with van der Waals surface area (Å²) >= 11 is 1.33. The average Bonchev–Trinajstić information content (AvgIpc) is 3.08. The molecule has 0 bridgehead atoms. The van der Waals surface area contributed by atoms with E-state index in [1.54, 1.807) is 31.2 Å². The van der Waals surface area contributed by atoms with Gasteiger partial charge in [0.15, 0.2) is 0 Å². The molecule has 8 heteroatoms. The highest BCUT2D eigenvalue weighted by Gasteiger charge is 2.27. The number of carbonyl (C=O) groups is 1. The summed E-state index contributed by atoms with van der Waals surface area (Å²) in [6.07, 6.45) is 0.469. The van der Waals surface area contributed by atoms with Gasteiger partial charge in [-0.05, 0) is 42.5 Å². The number of carbonyl (C=O) groups excluding carboxylic acids is 1. The normalized spacial score (nSPS) is 14.0. The van der Waals surface area contributed by atoms with Gasteiger partial charge in [0.25, 0.3) is 5.91 Å². The zero-order valence-electron chi connectivity index (χ0n) is 14.1. The van der Waals surface area contributed by atoms with Crippen molar-refractivity contribution in [2.75, 3.05) is 17.6 Å². The lowest BCUT2D eigenvalue weighted by Crippen LogP contribution is -2.36. The molecule has 5 nitrogen and oxygen atoms in total. The standard InChI is InChI=1S/C17H21FN2O3S2/c1-3-11-25(22,23)19-12-17(2,18)13-6-8-14(9-7-13)20-16(21)15-5-4-10-24-15/h4-10,19H,3,11-12H2,1-2H3,(H,20,21). The molecular formula is C17H21FN2O3S2. The van der Waals surface area contributed by atoms with Gasteiger partial charge in [-0.1, -0.05) is 25.1 Å². The maximum Gasteiger partial charge on any atom is 0.265 e. The van der Waals surface area contributed by atoms with Crippen molar-refractivity contribution in [1.82, 2.24) is 4.72 Å². The summed E-state index contributed by atoms with van der Waals surface area (Å²) in [7, 11) is -3.47. The van der Waals surface area contributed by atoms with Crippen molar-refractivity contribution in [3.8, 4) is 0 Å². The van der Waals surface area contributed by atoms with Gasteiger partial charge in [0.1, 0.15) is 5.67 Å². The fourth-order valence-electron chi connectivity index (χ4n) is 2.19. The summed E-state index contributed by atoms with van der Waals surface area (Å²) in [5, 5.41) is 4.55. The Labute approximate surface area is 151 Å². The highest BCUT2D eigenvalue weighted by molar-refractivity contribution is 7.89. The molecule has 0 saturated carbocycles. The lowest BCUT2D eigenvalue weighted by atomic mass is 9.98. The summed E-state index contributed by atoms with van der Waals surface area (Å²) in [5.74, 6) is -0.255. The first-order chi connectivity index (χ1) is 11.7. The lowest BCUT2D eigenvalue weighted by Gasteiger charge is -2.21. The highest BCUT2D eigenvalue weighted by Crippen LogP contribution is 2.26. The van der Waals surface area contributed by atoms with Crippen LogP contribution in [0.5, 0.6) is 0 Å². The predicted molar refractivity (Wildman–Crippen MR) is 99.3 cm³/mol. The number of anilines is 1. The molecule has 0 saturated heterocycles. The molecule has 25 heavy (non-hydrogen) atoms. The number of hydrogen-bond donors (Lipinski definition) is 2. The second-order valence-electron chi connectivity index (χ2n) is 5.85. The van der Waals surface area contributed by atoms with Gasteiger partial charge in [-0.2, -0.15) is 0 Å². The van der Waals surface area contributed by atoms with E-state index in [4.69, 9.17) is 0 Å². The summed E-state index contributed by atoms with van der Waals surface area (Å²) < 4.78 is 40.4. The Morgan fingerprint density at radius 2 is 1.92 bits per heavy atom. The number of amides is 1.